The van der Waals surface area contributed by atoms with Crippen molar-refractivity contribution in [1.82, 2.24) is 0 Å². The van der Waals surface area contributed by atoms with E-state index in [-0.39, 0.29) is 5.75 Å². The van der Waals surface area contributed by atoms with Gasteiger partial charge in [0.15, 0.2) is 0 Å². The van der Waals surface area contributed by atoms with Gasteiger partial charge < -0.3 is 14.1 Å². The molecule has 0 saturated carbocycles. The number of esters is 1. The summed E-state index contributed by atoms with van der Waals surface area (Å²) in [6, 6.07) is 6.96. The fourth-order valence-electron chi connectivity index (χ4n) is 1.59. The van der Waals surface area contributed by atoms with Gasteiger partial charge >= 0.3 is 11.6 Å². The molecule has 0 bridgehead atoms. The second-order valence-corrected chi connectivity index (χ2v) is 4.11. The lowest BCUT2D eigenvalue weighted by atomic mass is 10.2. The van der Waals surface area contributed by atoms with Crippen LogP contribution in [-0.4, -0.2) is 20.1 Å². The third-order valence-electron chi connectivity index (χ3n) is 2.46. The summed E-state index contributed by atoms with van der Waals surface area (Å²) in [6.07, 6.45) is 0. The van der Waals surface area contributed by atoms with Crippen LogP contribution in [0.25, 0.3) is 11.0 Å². The fourth-order valence-corrected chi connectivity index (χ4v) is 1.59. The molecule has 0 radical (unpaired) electrons. The van der Waals surface area contributed by atoms with E-state index >= 15 is 0 Å². The number of rotatable bonds is 2. The van der Waals surface area contributed by atoms with Crippen molar-refractivity contribution in [2.45, 2.75) is 6.92 Å². The first-order valence-corrected chi connectivity index (χ1v) is 5.41. The number of carbonyl (C=O) groups is 1. The van der Waals surface area contributed by atoms with E-state index in [1.54, 1.807) is 12.1 Å². The second kappa shape index (κ2) is 4.52. The minimum Gasteiger partial charge on any atom is -0.420 e. The highest BCUT2D eigenvalue weighted by molar-refractivity contribution is 5.82. The molecule has 1 heterocycles. The van der Waals surface area contributed by atoms with Crippen LogP contribution in [0.1, 0.15) is 6.92 Å². The summed E-state index contributed by atoms with van der Waals surface area (Å²) in [5.41, 5.74) is 0.724. The summed E-state index contributed by atoms with van der Waals surface area (Å²) in [5.74, 6) is -0.640. The highest BCUT2D eigenvalue weighted by Crippen LogP contribution is 2.22. The van der Waals surface area contributed by atoms with Crippen molar-refractivity contribution in [3.05, 3.63) is 34.7 Å². The SMILES string of the molecule is CC(=O)Oc1cc2ccc(N(C)C)cc2oc1=O. The van der Waals surface area contributed by atoms with Crippen LogP contribution >= 0.6 is 0 Å². The zero-order chi connectivity index (χ0) is 13.3. The topological polar surface area (TPSA) is 59.8 Å². The van der Waals surface area contributed by atoms with Gasteiger partial charge in [-0.3, -0.25) is 4.79 Å². The van der Waals surface area contributed by atoms with Gasteiger partial charge in [-0.15, -0.1) is 0 Å². The first kappa shape index (κ1) is 12.2. The Balaban J connectivity index is 2.57. The van der Waals surface area contributed by atoms with Gasteiger partial charge in [0.2, 0.25) is 5.75 Å². The molecule has 0 aliphatic heterocycles. The van der Waals surface area contributed by atoms with Gasteiger partial charge in [0.1, 0.15) is 5.58 Å². The van der Waals surface area contributed by atoms with Gasteiger partial charge in [-0.2, -0.15) is 0 Å². The molecule has 0 aliphatic carbocycles. The molecule has 5 heteroatoms. The zero-order valence-corrected chi connectivity index (χ0v) is 10.4. The molecular formula is C13H13NO4. The van der Waals surface area contributed by atoms with Crippen LogP contribution in [0.3, 0.4) is 0 Å². The highest BCUT2D eigenvalue weighted by atomic mass is 16.5. The van der Waals surface area contributed by atoms with Gasteiger partial charge in [-0.25, -0.2) is 4.79 Å². The molecule has 0 fully saturated rings. The number of hydrogen-bond donors (Lipinski definition) is 0. The maximum absolute atomic E-state index is 11.6. The van der Waals surface area contributed by atoms with Crippen LogP contribution in [-0.2, 0) is 4.79 Å². The number of nitrogens with zero attached hydrogens (tertiary/aromatic N) is 1. The van der Waals surface area contributed by atoms with E-state index in [0.29, 0.717) is 11.0 Å². The molecule has 0 unspecified atom stereocenters. The summed E-state index contributed by atoms with van der Waals surface area (Å²) < 4.78 is 9.90. The van der Waals surface area contributed by atoms with Crippen molar-refractivity contribution in [3.8, 4) is 5.75 Å². The monoisotopic (exact) mass is 247 g/mol. The number of anilines is 1. The first-order chi connectivity index (χ1) is 8.47. The normalized spacial score (nSPS) is 10.4. The van der Waals surface area contributed by atoms with E-state index in [1.807, 2.05) is 25.1 Å². The Morgan fingerprint density at radius 1 is 1.28 bits per heavy atom. The molecule has 18 heavy (non-hydrogen) atoms. The van der Waals surface area contributed by atoms with Crippen molar-refractivity contribution in [3.63, 3.8) is 0 Å². The summed E-state index contributed by atoms with van der Waals surface area (Å²) in [4.78, 5) is 24.3. The molecule has 0 aliphatic rings. The molecule has 2 rings (SSSR count). The quantitative estimate of drug-likeness (QED) is 0.598. The molecule has 2 aromatic rings. The predicted molar refractivity (Wildman–Crippen MR) is 68.1 cm³/mol. The molecule has 1 aromatic carbocycles. The predicted octanol–water partition coefficient (Wildman–Crippen LogP) is 1.78. The molecule has 5 nitrogen and oxygen atoms in total. The molecule has 1 aromatic heterocycles. The third-order valence-corrected chi connectivity index (χ3v) is 2.46. The largest absolute Gasteiger partial charge is 0.420 e. The van der Waals surface area contributed by atoms with Crippen molar-refractivity contribution < 1.29 is 13.9 Å². The van der Waals surface area contributed by atoms with E-state index in [2.05, 4.69) is 0 Å². The van der Waals surface area contributed by atoms with Crippen LogP contribution in [0.2, 0.25) is 0 Å². The minimum atomic E-state index is -0.659. The Labute approximate surface area is 104 Å². The van der Waals surface area contributed by atoms with E-state index in [9.17, 15) is 9.59 Å². The van der Waals surface area contributed by atoms with E-state index in [4.69, 9.17) is 9.15 Å². The lowest BCUT2D eigenvalue weighted by Gasteiger charge is -2.12. The Kier molecular flexibility index (Phi) is 3.06. The maximum Gasteiger partial charge on any atom is 0.379 e. The summed E-state index contributed by atoms with van der Waals surface area (Å²) >= 11 is 0. The fraction of sp³-hybridized carbons (Fsp3) is 0.231. The second-order valence-electron chi connectivity index (χ2n) is 4.11. The average Bonchev–Trinajstić information content (AvgIpc) is 2.28. The van der Waals surface area contributed by atoms with E-state index < -0.39 is 11.6 Å². The van der Waals surface area contributed by atoms with Crippen LogP contribution in [0.15, 0.2) is 33.5 Å². The van der Waals surface area contributed by atoms with Crippen molar-refractivity contribution >= 4 is 22.6 Å². The van der Waals surface area contributed by atoms with Gasteiger partial charge in [0, 0.05) is 38.2 Å². The van der Waals surface area contributed by atoms with Crippen LogP contribution in [0.4, 0.5) is 5.69 Å². The summed E-state index contributed by atoms with van der Waals surface area (Å²) in [5, 5.41) is 0.705. The lowest BCUT2D eigenvalue weighted by molar-refractivity contribution is -0.132. The van der Waals surface area contributed by atoms with Gasteiger partial charge in [0.05, 0.1) is 0 Å². The molecule has 0 atom stereocenters. The Morgan fingerprint density at radius 2 is 2.00 bits per heavy atom. The molecule has 0 N–H and O–H groups in total. The summed E-state index contributed by atoms with van der Waals surface area (Å²) in [7, 11) is 3.79. The molecule has 0 saturated heterocycles. The third kappa shape index (κ3) is 2.34. The summed E-state index contributed by atoms with van der Waals surface area (Å²) in [6.45, 7) is 1.23. The maximum atomic E-state index is 11.6. The number of hydrogen-bond acceptors (Lipinski definition) is 5. The Hall–Kier alpha value is -2.30. The van der Waals surface area contributed by atoms with Gasteiger partial charge in [-0.1, -0.05) is 0 Å². The van der Waals surface area contributed by atoms with E-state index in [0.717, 1.165) is 5.69 Å². The number of fused-ring (bicyclic) bond motifs is 1. The standard InChI is InChI=1S/C13H13NO4/c1-8(15)17-12-6-9-4-5-10(14(2)3)7-11(9)18-13(12)16/h4-7H,1-3H3. The number of benzene rings is 1. The minimum absolute atomic E-state index is 0.0902. The zero-order valence-electron chi connectivity index (χ0n) is 10.4. The highest BCUT2D eigenvalue weighted by Gasteiger charge is 2.09. The Morgan fingerprint density at radius 3 is 2.61 bits per heavy atom. The lowest BCUT2D eigenvalue weighted by Crippen LogP contribution is -2.11. The average molecular weight is 247 g/mol. The van der Waals surface area contributed by atoms with Crippen molar-refractivity contribution in [2.24, 2.45) is 0 Å². The van der Waals surface area contributed by atoms with E-state index in [1.165, 1.54) is 13.0 Å². The number of ether oxygens (including phenoxy) is 1. The van der Waals surface area contributed by atoms with Crippen molar-refractivity contribution in [1.29, 1.82) is 0 Å². The molecular weight excluding hydrogens is 234 g/mol. The van der Waals surface area contributed by atoms with Gasteiger partial charge in [-0.05, 0) is 18.2 Å². The van der Waals surface area contributed by atoms with Crippen molar-refractivity contribution in [2.75, 3.05) is 19.0 Å². The number of carbonyl (C=O) groups excluding carboxylic acids is 1. The van der Waals surface area contributed by atoms with Gasteiger partial charge in [0.25, 0.3) is 0 Å². The van der Waals surface area contributed by atoms with Crippen LogP contribution in [0, 0.1) is 0 Å². The van der Waals surface area contributed by atoms with Crippen LogP contribution in [0.5, 0.6) is 5.75 Å². The Bertz CT molecular complexity index is 658. The first-order valence-electron chi connectivity index (χ1n) is 5.41. The molecule has 0 spiro atoms. The molecule has 0 amide bonds. The van der Waals surface area contributed by atoms with Crippen LogP contribution < -0.4 is 15.3 Å². The smallest absolute Gasteiger partial charge is 0.379 e. The molecule has 94 valence electrons.